The van der Waals surface area contributed by atoms with Crippen LogP contribution < -0.4 is 5.32 Å². The van der Waals surface area contributed by atoms with Gasteiger partial charge in [-0.25, -0.2) is 4.68 Å². The smallest absolute Gasteiger partial charge is 0.250 e. The second-order valence-electron chi connectivity index (χ2n) is 8.69. The lowest BCUT2D eigenvalue weighted by molar-refractivity contribution is 0.0779. The molecule has 0 bridgehead atoms. The van der Waals surface area contributed by atoms with Crippen LogP contribution >= 0.6 is 12.2 Å². The molecule has 1 fully saturated rings. The van der Waals surface area contributed by atoms with Crippen molar-refractivity contribution in [2.24, 2.45) is 5.92 Å². The first-order valence-electron chi connectivity index (χ1n) is 11.5. The number of rotatable bonds is 3. The molecule has 0 spiro atoms. The van der Waals surface area contributed by atoms with E-state index < -0.39 is 0 Å². The van der Waals surface area contributed by atoms with Gasteiger partial charge in [0.15, 0.2) is 5.11 Å². The number of thiocarbonyl (C=S) groups is 1. The second kappa shape index (κ2) is 9.25. The van der Waals surface area contributed by atoms with Crippen LogP contribution in [0.2, 0.25) is 0 Å². The first-order chi connectivity index (χ1) is 15.7. The Morgan fingerprint density at radius 1 is 0.969 bits per heavy atom. The third-order valence-corrected chi connectivity index (χ3v) is 6.94. The molecule has 1 saturated carbocycles. The summed E-state index contributed by atoms with van der Waals surface area (Å²) in [6.45, 7) is 1.42. The Balaban J connectivity index is 1.46. The molecule has 5 nitrogen and oxygen atoms in total. The Kier molecular flexibility index (Phi) is 6.04. The lowest BCUT2D eigenvalue weighted by Crippen LogP contribution is -2.39. The average molecular weight is 445 g/mol. The quantitative estimate of drug-likeness (QED) is 0.539. The maximum atomic E-state index is 13.4. The van der Waals surface area contributed by atoms with Crippen molar-refractivity contribution < 1.29 is 4.79 Å². The van der Waals surface area contributed by atoms with Gasteiger partial charge in [0.2, 0.25) is 5.91 Å². The first kappa shape index (κ1) is 20.9. The summed E-state index contributed by atoms with van der Waals surface area (Å²) in [5.41, 5.74) is 5.09. The maximum Gasteiger partial charge on any atom is 0.250 e. The molecule has 2 aliphatic rings. The molecule has 164 valence electrons. The van der Waals surface area contributed by atoms with Crippen molar-refractivity contribution in [3.8, 4) is 11.3 Å². The van der Waals surface area contributed by atoms with Crippen LogP contribution in [0.5, 0.6) is 0 Å². The van der Waals surface area contributed by atoms with E-state index in [2.05, 4.69) is 22.3 Å². The molecule has 0 radical (unpaired) electrons. The predicted octanol–water partition coefficient (Wildman–Crippen LogP) is 5.53. The molecule has 2 heterocycles. The number of anilines is 1. The molecule has 2 aromatic carbocycles. The first-order valence-corrected chi connectivity index (χ1v) is 11.9. The van der Waals surface area contributed by atoms with Crippen molar-refractivity contribution in [1.29, 1.82) is 0 Å². The summed E-state index contributed by atoms with van der Waals surface area (Å²) < 4.78 is 1.73. The highest BCUT2D eigenvalue weighted by atomic mass is 32.1. The van der Waals surface area contributed by atoms with E-state index in [1.165, 1.54) is 6.42 Å². The SMILES string of the molecule is O=C(C1CCCCC1)n1nc(-c2ccccc2)c2c1CCN(C(=S)Nc1ccccc1)C2. The van der Waals surface area contributed by atoms with Crippen LogP contribution in [0.3, 0.4) is 0 Å². The second-order valence-corrected chi connectivity index (χ2v) is 9.08. The number of benzene rings is 2. The predicted molar refractivity (Wildman–Crippen MR) is 132 cm³/mol. The molecule has 1 N–H and O–H groups in total. The van der Waals surface area contributed by atoms with E-state index in [0.717, 1.165) is 66.9 Å². The van der Waals surface area contributed by atoms with Crippen molar-refractivity contribution in [2.45, 2.75) is 45.1 Å². The Hall–Kier alpha value is -2.99. The van der Waals surface area contributed by atoms with Crippen LogP contribution in [-0.2, 0) is 13.0 Å². The number of carbonyl (C=O) groups excluding carboxylic acids is 1. The zero-order chi connectivity index (χ0) is 21.9. The molecular formula is C26H28N4OS. The molecule has 32 heavy (non-hydrogen) atoms. The van der Waals surface area contributed by atoms with Gasteiger partial charge in [0.25, 0.3) is 0 Å². The summed E-state index contributed by atoms with van der Waals surface area (Å²) in [6, 6.07) is 20.2. The molecule has 1 aromatic heterocycles. The molecule has 0 saturated heterocycles. The summed E-state index contributed by atoms with van der Waals surface area (Å²) in [5.74, 6) is 0.261. The Labute approximate surface area is 194 Å². The van der Waals surface area contributed by atoms with Gasteiger partial charge in [-0.1, -0.05) is 67.8 Å². The van der Waals surface area contributed by atoms with Gasteiger partial charge in [-0.2, -0.15) is 5.10 Å². The van der Waals surface area contributed by atoms with E-state index in [9.17, 15) is 4.79 Å². The molecule has 6 heteroatoms. The van der Waals surface area contributed by atoms with Gasteiger partial charge >= 0.3 is 0 Å². The Bertz CT molecular complexity index is 1100. The van der Waals surface area contributed by atoms with Crippen LogP contribution in [0.15, 0.2) is 60.7 Å². The van der Waals surface area contributed by atoms with Gasteiger partial charge < -0.3 is 10.2 Å². The molecule has 0 amide bonds. The van der Waals surface area contributed by atoms with Crippen LogP contribution in [0.25, 0.3) is 11.3 Å². The van der Waals surface area contributed by atoms with Gasteiger partial charge in [-0.05, 0) is 37.2 Å². The maximum absolute atomic E-state index is 13.4. The van der Waals surface area contributed by atoms with Crippen molar-refractivity contribution in [2.75, 3.05) is 11.9 Å². The van der Waals surface area contributed by atoms with Crippen molar-refractivity contribution in [1.82, 2.24) is 14.7 Å². The summed E-state index contributed by atoms with van der Waals surface area (Å²) in [7, 11) is 0. The molecule has 1 aliphatic carbocycles. The van der Waals surface area contributed by atoms with E-state index in [-0.39, 0.29) is 11.8 Å². The highest BCUT2D eigenvalue weighted by molar-refractivity contribution is 7.80. The number of aromatic nitrogens is 2. The normalized spacial score (nSPS) is 16.4. The van der Waals surface area contributed by atoms with Crippen LogP contribution in [0, 0.1) is 5.92 Å². The minimum absolute atomic E-state index is 0.0928. The Morgan fingerprint density at radius 3 is 2.38 bits per heavy atom. The molecular weight excluding hydrogens is 416 g/mol. The monoisotopic (exact) mass is 444 g/mol. The molecule has 3 aromatic rings. The van der Waals surface area contributed by atoms with Gasteiger partial charge in [-0.3, -0.25) is 4.79 Å². The minimum atomic E-state index is 0.0928. The number of nitrogens with one attached hydrogen (secondary N) is 1. The van der Waals surface area contributed by atoms with Gasteiger partial charge in [-0.15, -0.1) is 0 Å². The van der Waals surface area contributed by atoms with E-state index in [1.807, 2.05) is 48.5 Å². The highest BCUT2D eigenvalue weighted by Gasteiger charge is 2.32. The summed E-state index contributed by atoms with van der Waals surface area (Å²) >= 11 is 5.73. The van der Waals surface area contributed by atoms with Gasteiger partial charge in [0.05, 0.1) is 11.4 Å². The number of para-hydroxylation sites is 1. The fourth-order valence-corrected chi connectivity index (χ4v) is 5.12. The number of hydrogen-bond donors (Lipinski definition) is 1. The van der Waals surface area contributed by atoms with Gasteiger partial charge in [0.1, 0.15) is 0 Å². The largest absolute Gasteiger partial charge is 0.344 e. The fraction of sp³-hybridized carbons (Fsp3) is 0.346. The average Bonchev–Trinajstić information content (AvgIpc) is 3.24. The Morgan fingerprint density at radius 2 is 1.66 bits per heavy atom. The van der Waals surface area contributed by atoms with Crippen molar-refractivity contribution in [3.05, 3.63) is 71.9 Å². The number of nitrogens with zero attached hydrogens (tertiary/aromatic N) is 3. The summed E-state index contributed by atoms with van der Waals surface area (Å²) in [5, 5.41) is 8.94. The minimum Gasteiger partial charge on any atom is -0.344 e. The third kappa shape index (κ3) is 4.19. The number of hydrogen-bond acceptors (Lipinski definition) is 3. The molecule has 1 aliphatic heterocycles. The van der Waals surface area contributed by atoms with E-state index in [4.69, 9.17) is 17.3 Å². The fourth-order valence-electron chi connectivity index (χ4n) is 4.85. The summed E-state index contributed by atoms with van der Waals surface area (Å²) in [6.07, 6.45) is 6.22. The zero-order valence-electron chi connectivity index (χ0n) is 18.2. The van der Waals surface area contributed by atoms with Crippen LogP contribution in [-0.4, -0.2) is 32.2 Å². The highest BCUT2D eigenvalue weighted by Crippen LogP contribution is 2.32. The van der Waals surface area contributed by atoms with Gasteiger partial charge in [0, 0.05) is 42.2 Å². The molecule has 0 atom stereocenters. The van der Waals surface area contributed by atoms with Crippen molar-refractivity contribution >= 4 is 28.9 Å². The molecule has 0 unspecified atom stereocenters. The lowest BCUT2D eigenvalue weighted by atomic mass is 9.88. The molecule has 5 rings (SSSR count). The van der Waals surface area contributed by atoms with Crippen molar-refractivity contribution in [3.63, 3.8) is 0 Å². The summed E-state index contributed by atoms with van der Waals surface area (Å²) in [4.78, 5) is 15.6. The lowest BCUT2D eigenvalue weighted by Gasteiger charge is -2.30. The van der Waals surface area contributed by atoms with Crippen LogP contribution in [0.1, 0.15) is 48.2 Å². The topological polar surface area (TPSA) is 50.2 Å². The third-order valence-electron chi connectivity index (χ3n) is 6.58. The standard InChI is InChI=1S/C26H28N4OS/c31-25(20-12-6-2-7-13-20)30-23-16-17-29(26(32)27-21-14-8-3-9-15-21)18-22(23)24(28-30)19-10-4-1-5-11-19/h1,3-5,8-11,14-15,20H,2,6-7,12-13,16-18H2,(H,27,32). The van der Waals surface area contributed by atoms with E-state index in [1.54, 1.807) is 4.68 Å². The number of fused-ring (bicyclic) bond motifs is 1. The zero-order valence-corrected chi connectivity index (χ0v) is 19.0. The van der Waals surface area contributed by atoms with E-state index >= 15 is 0 Å². The number of carbonyl (C=O) groups is 1. The van der Waals surface area contributed by atoms with Crippen LogP contribution in [0.4, 0.5) is 5.69 Å². The van der Waals surface area contributed by atoms with E-state index in [0.29, 0.717) is 11.7 Å².